The summed E-state index contributed by atoms with van der Waals surface area (Å²) in [4.78, 5) is 1.99. The normalized spacial score (nSPS) is 14.8. The van der Waals surface area contributed by atoms with Crippen LogP contribution in [0.5, 0.6) is 0 Å². The summed E-state index contributed by atoms with van der Waals surface area (Å²) in [6.45, 7) is 0. The minimum absolute atomic E-state index is 0.114. The van der Waals surface area contributed by atoms with Crippen LogP contribution in [0.1, 0.15) is 13.7 Å². The highest BCUT2D eigenvalue weighted by molar-refractivity contribution is 9.10. The molecule has 6 aromatic rings. The molecule has 0 spiro atoms. The van der Waals surface area contributed by atoms with Crippen LogP contribution in [0.3, 0.4) is 0 Å². The highest BCUT2D eigenvalue weighted by atomic mass is 79.9. The van der Waals surface area contributed by atoms with Gasteiger partial charge in [-0.2, -0.15) is 0 Å². The van der Waals surface area contributed by atoms with Crippen molar-refractivity contribution in [1.82, 2.24) is 0 Å². The number of fused-ring (bicyclic) bond motifs is 1. The van der Waals surface area contributed by atoms with Crippen LogP contribution >= 0.6 is 15.9 Å². The fourth-order valence-corrected chi connectivity index (χ4v) is 4.51. The molecule has 0 atom stereocenters. The third kappa shape index (κ3) is 4.56. The van der Waals surface area contributed by atoms with E-state index in [0.717, 1.165) is 32.3 Å². The number of benzene rings is 6. The van der Waals surface area contributed by atoms with E-state index in [4.69, 9.17) is 13.7 Å². The number of rotatable bonds is 5. The molecule has 36 heavy (non-hydrogen) atoms. The maximum atomic E-state index is 8.38. The predicted molar refractivity (Wildman–Crippen MR) is 157 cm³/mol. The number of hydrogen-bond donors (Lipinski definition) is 0. The summed E-state index contributed by atoms with van der Waals surface area (Å²) in [5, 5.41) is 2.03. The lowest BCUT2D eigenvalue weighted by molar-refractivity contribution is 1.29. The molecular weight excluding hydrogens is 502 g/mol. The Morgan fingerprint density at radius 3 is 1.42 bits per heavy atom. The van der Waals surface area contributed by atoms with Crippen molar-refractivity contribution in [2.45, 2.75) is 0 Å². The Morgan fingerprint density at radius 2 is 0.889 bits per heavy atom. The lowest BCUT2D eigenvalue weighted by atomic mass is 10.0. The number of nitrogens with zero attached hydrogens (tertiary/aromatic N) is 1. The van der Waals surface area contributed by atoms with Crippen LogP contribution in [-0.2, 0) is 0 Å². The van der Waals surface area contributed by atoms with Crippen LogP contribution in [0, 0.1) is 0 Å². The first-order chi connectivity index (χ1) is 21.9. The molecule has 0 aliphatic carbocycles. The average Bonchev–Trinajstić information content (AvgIpc) is 3.06. The van der Waals surface area contributed by atoms with E-state index in [2.05, 4.69) is 15.9 Å². The molecule has 0 N–H and O–H groups in total. The van der Waals surface area contributed by atoms with Gasteiger partial charge in [-0.15, -0.1) is 0 Å². The Labute approximate surface area is 234 Å². The fourth-order valence-electron chi connectivity index (χ4n) is 4.13. The number of halogens is 1. The first kappa shape index (κ1) is 13.8. The van der Waals surface area contributed by atoms with Crippen LogP contribution in [0.15, 0.2) is 150 Å². The Hall–Kier alpha value is -4.14. The Balaban J connectivity index is 1.48. The van der Waals surface area contributed by atoms with Gasteiger partial charge in [0, 0.05) is 21.5 Å². The van der Waals surface area contributed by atoms with Gasteiger partial charge in [-0.25, -0.2) is 0 Å². The van der Waals surface area contributed by atoms with Gasteiger partial charge in [0.15, 0.2) is 0 Å². The number of hydrogen-bond acceptors (Lipinski definition) is 1. The van der Waals surface area contributed by atoms with Crippen molar-refractivity contribution in [1.29, 1.82) is 0 Å². The van der Waals surface area contributed by atoms with E-state index in [0.29, 0.717) is 11.1 Å². The Morgan fingerprint density at radius 1 is 0.444 bits per heavy atom. The van der Waals surface area contributed by atoms with Gasteiger partial charge >= 0.3 is 0 Å². The molecule has 6 aromatic carbocycles. The minimum Gasteiger partial charge on any atom is -0.310 e. The molecule has 2 heteroatoms. The topological polar surface area (TPSA) is 3.24 Å². The third-order valence-electron chi connectivity index (χ3n) is 5.87. The SMILES string of the molecule is [2H]c1c([2H])c([2H])c(-c2ccc(N(c3ccc(-c4c([2H])c([2H])c([2H])c([2H])c4[2H])cc3)c3ccc4cc(Br)ccc4c3)cc2)c([2H])c1[2H]. The van der Waals surface area contributed by atoms with Gasteiger partial charge in [-0.05, 0) is 81.6 Å². The standard InChI is InChI=1S/C34H24BrN/c35-31-17-11-30-24-34(22-16-29(30)23-31)36(32-18-12-27(13-19-32)25-7-3-1-4-8-25)33-20-14-28(15-21-33)26-9-5-2-6-10-26/h1-24H/i1D,2D,3D,4D,5D,6D,7D,8D,9D,10D. The molecule has 0 saturated carbocycles. The quantitative estimate of drug-likeness (QED) is 0.212. The maximum Gasteiger partial charge on any atom is 0.0629 e. The third-order valence-corrected chi connectivity index (χ3v) is 6.37. The second-order valence-corrected chi connectivity index (χ2v) is 9.02. The largest absolute Gasteiger partial charge is 0.310 e. The molecule has 0 fully saturated rings. The molecule has 1 nitrogen and oxygen atoms in total. The molecule has 0 aliphatic rings. The van der Waals surface area contributed by atoms with Crippen molar-refractivity contribution < 1.29 is 13.7 Å². The molecule has 0 amide bonds. The zero-order valence-electron chi connectivity index (χ0n) is 28.9. The molecule has 172 valence electrons. The second-order valence-electron chi connectivity index (χ2n) is 8.10. The van der Waals surface area contributed by atoms with Crippen LogP contribution < -0.4 is 4.90 Å². The maximum absolute atomic E-state index is 8.38. The van der Waals surface area contributed by atoms with E-state index < -0.39 is 36.3 Å². The average molecular weight is 537 g/mol. The smallest absolute Gasteiger partial charge is 0.0629 e. The van der Waals surface area contributed by atoms with Crippen LogP contribution in [0.4, 0.5) is 17.1 Å². The van der Waals surface area contributed by atoms with Gasteiger partial charge in [0.1, 0.15) is 0 Å². The van der Waals surface area contributed by atoms with Gasteiger partial charge in [0.2, 0.25) is 0 Å². The molecule has 0 unspecified atom stereocenters. The number of anilines is 3. The van der Waals surface area contributed by atoms with Gasteiger partial charge in [-0.3, -0.25) is 0 Å². The molecule has 0 bridgehead atoms. The van der Waals surface area contributed by atoms with Crippen molar-refractivity contribution >= 4 is 43.8 Å². The molecule has 6 rings (SSSR count). The van der Waals surface area contributed by atoms with Crippen molar-refractivity contribution in [3.05, 3.63) is 150 Å². The van der Waals surface area contributed by atoms with E-state index in [1.54, 1.807) is 24.3 Å². The van der Waals surface area contributed by atoms with Gasteiger partial charge in [0.05, 0.1) is 13.7 Å². The summed E-state index contributed by atoms with van der Waals surface area (Å²) >= 11 is 3.52. The monoisotopic (exact) mass is 535 g/mol. The van der Waals surface area contributed by atoms with E-state index in [9.17, 15) is 0 Å². The predicted octanol–water partition coefficient (Wildman–Crippen LogP) is 10.4. The zero-order chi connectivity index (χ0) is 33.0. The molecule has 0 aromatic heterocycles. The lowest BCUT2D eigenvalue weighted by Gasteiger charge is -2.26. The van der Waals surface area contributed by atoms with E-state index in [1.165, 1.54) is 0 Å². The summed E-state index contributed by atoms with van der Waals surface area (Å²) in [7, 11) is 0. The van der Waals surface area contributed by atoms with E-state index >= 15 is 0 Å². The molecule has 0 heterocycles. The van der Waals surface area contributed by atoms with Crippen LogP contribution in [-0.4, -0.2) is 0 Å². The zero-order valence-corrected chi connectivity index (χ0v) is 20.5. The minimum atomic E-state index is -0.447. The second kappa shape index (κ2) is 9.85. The molecular formula is C34H24BrN. The lowest BCUT2D eigenvalue weighted by Crippen LogP contribution is -2.09. The Kier molecular flexibility index (Phi) is 3.78. The van der Waals surface area contributed by atoms with Crippen molar-refractivity contribution in [2.75, 3.05) is 4.90 Å². The fraction of sp³-hybridized carbons (Fsp3) is 0. The molecule has 0 aliphatic heterocycles. The highest BCUT2D eigenvalue weighted by Gasteiger charge is 2.14. The van der Waals surface area contributed by atoms with Crippen LogP contribution in [0.25, 0.3) is 33.0 Å². The molecule has 0 radical (unpaired) electrons. The summed E-state index contributed by atoms with van der Waals surface area (Å²) in [6.07, 6.45) is 0. The van der Waals surface area contributed by atoms with E-state index in [1.807, 2.05) is 65.6 Å². The van der Waals surface area contributed by atoms with Crippen molar-refractivity contribution in [2.24, 2.45) is 0 Å². The first-order valence-electron chi connectivity index (χ1n) is 16.2. The van der Waals surface area contributed by atoms with Gasteiger partial charge in [-0.1, -0.05) is 113 Å². The molecule has 0 saturated heterocycles. The first-order valence-corrected chi connectivity index (χ1v) is 12.0. The highest BCUT2D eigenvalue weighted by Crippen LogP contribution is 2.38. The summed E-state index contributed by atoms with van der Waals surface area (Å²) in [6, 6.07) is 22.5. The Bertz CT molecular complexity index is 2000. The summed E-state index contributed by atoms with van der Waals surface area (Å²) < 4.78 is 82.6. The van der Waals surface area contributed by atoms with E-state index in [-0.39, 0.29) is 35.3 Å². The van der Waals surface area contributed by atoms with Gasteiger partial charge in [0.25, 0.3) is 0 Å². The van der Waals surface area contributed by atoms with Gasteiger partial charge < -0.3 is 4.90 Å². The van der Waals surface area contributed by atoms with Crippen LogP contribution in [0.2, 0.25) is 0 Å². The van der Waals surface area contributed by atoms with Crippen molar-refractivity contribution in [3.63, 3.8) is 0 Å². The van der Waals surface area contributed by atoms with Crippen molar-refractivity contribution in [3.8, 4) is 22.3 Å². The summed E-state index contributed by atoms with van der Waals surface area (Å²) in [5.41, 5.74) is 3.44. The summed E-state index contributed by atoms with van der Waals surface area (Å²) in [5.74, 6) is 0.